The van der Waals surface area contributed by atoms with Crippen molar-refractivity contribution in [3.8, 4) is 0 Å². The highest BCUT2D eigenvalue weighted by Crippen LogP contribution is 2.20. The van der Waals surface area contributed by atoms with E-state index in [1.807, 2.05) is 19.1 Å². The molecule has 9 heteroatoms. The van der Waals surface area contributed by atoms with E-state index in [1.165, 1.54) is 16.6 Å². The van der Waals surface area contributed by atoms with Crippen LogP contribution in [0.1, 0.15) is 29.0 Å². The number of benzene rings is 1. The van der Waals surface area contributed by atoms with Crippen LogP contribution < -0.4 is 5.32 Å². The third kappa shape index (κ3) is 4.09. The third-order valence-corrected chi connectivity index (χ3v) is 6.35. The highest BCUT2D eigenvalue weighted by atomic mass is 35.5. The molecule has 2 N–H and O–H groups in total. The van der Waals surface area contributed by atoms with Crippen molar-refractivity contribution in [3.05, 3.63) is 52.8 Å². The number of morpholine rings is 1. The summed E-state index contributed by atoms with van der Waals surface area (Å²) in [5.41, 5.74) is 1.09. The number of halogens is 1. The number of nitrogens with one attached hydrogen (secondary N) is 2. The Kier molecular flexibility index (Phi) is 5.67. The van der Waals surface area contributed by atoms with E-state index in [1.54, 1.807) is 12.1 Å². The van der Waals surface area contributed by atoms with Gasteiger partial charge in [0.15, 0.2) is 0 Å². The van der Waals surface area contributed by atoms with Gasteiger partial charge in [0.05, 0.1) is 19.3 Å². The molecule has 1 aliphatic heterocycles. The average Bonchev–Trinajstić information content (AvgIpc) is 3.14. The lowest BCUT2D eigenvalue weighted by atomic mass is 10.1. The van der Waals surface area contributed by atoms with Crippen molar-refractivity contribution in [3.63, 3.8) is 0 Å². The lowest BCUT2D eigenvalue weighted by Crippen LogP contribution is -2.40. The SMILES string of the molecule is CC(NC(=O)c1cc(S(=O)(=O)N2CCOCC2)c[nH]1)c1ccc(Cl)cc1. The smallest absolute Gasteiger partial charge is 0.268 e. The van der Waals surface area contributed by atoms with Crippen LogP contribution in [0, 0.1) is 0 Å². The summed E-state index contributed by atoms with van der Waals surface area (Å²) in [4.78, 5) is 15.2. The van der Waals surface area contributed by atoms with Crippen LogP contribution in [-0.4, -0.2) is 49.9 Å². The van der Waals surface area contributed by atoms with E-state index < -0.39 is 10.0 Å². The topological polar surface area (TPSA) is 91.5 Å². The number of sulfonamides is 1. The average molecular weight is 398 g/mol. The summed E-state index contributed by atoms with van der Waals surface area (Å²) < 4.78 is 31.7. The summed E-state index contributed by atoms with van der Waals surface area (Å²) in [6.45, 7) is 3.20. The Bertz CT molecular complexity index is 874. The molecule has 1 aromatic heterocycles. The van der Waals surface area contributed by atoms with E-state index in [-0.39, 0.29) is 22.5 Å². The van der Waals surface area contributed by atoms with Gasteiger partial charge in [-0.2, -0.15) is 4.31 Å². The predicted molar refractivity (Wildman–Crippen MR) is 97.7 cm³/mol. The quantitative estimate of drug-likeness (QED) is 0.808. The molecular weight excluding hydrogens is 378 g/mol. The second-order valence-electron chi connectivity index (χ2n) is 6.01. The van der Waals surface area contributed by atoms with Crippen LogP contribution in [0.5, 0.6) is 0 Å². The first kappa shape index (κ1) is 18.9. The first-order chi connectivity index (χ1) is 12.4. The van der Waals surface area contributed by atoms with Gasteiger partial charge in [-0.1, -0.05) is 23.7 Å². The summed E-state index contributed by atoms with van der Waals surface area (Å²) in [5, 5.41) is 3.45. The van der Waals surface area contributed by atoms with Crippen molar-refractivity contribution in [2.24, 2.45) is 0 Å². The Morgan fingerprint density at radius 3 is 2.58 bits per heavy atom. The van der Waals surface area contributed by atoms with Gasteiger partial charge in [-0.3, -0.25) is 4.79 Å². The van der Waals surface area contributed by atoms with Crippen molar-refractivity contribution >= 4 is 27.5 Å². The Labute approximate surface area is 157 Å². The van der Waals surface area contributed by atoms with Crippen LogP contribution >= 0.6 is 11.6 Å². The number of carbonyl (C=O) groups excluding carboxylic acids is 1. The van der Waals surface area contributed by atoms with E-state index in [2.05, 4.69) is 10.3 Å². The monoisotopic (exact) mass is 397 g/mol. The summed E-state index contributed by atoms with van der Waals surface area (Å²) in [7, 11) is -3.63. The molecule has 2 heterocycles. The van der Waals surface area contributed by atoms with Gasteiger partial charge in [0.25, 0.3) is 5.91 Å². The first-order valence-corrected chi connectivity index (χ1v) is 10.0. The summed E-state index contributed by atoms with van der Waals surface area (Å²) in [6, 6.07) is 8.27. The zero-order chi connectivity index (χ0) is 18.7. The highest BCUT2D eigenvalue weighted by Gasteiger charge is 2.28. The molecule has 1 aromatic carbocycles. The fourth-order valence-electron chi connectivity index (χ4n) is 2.70. The maximum Gasteiger partial charge on any atom is 0.268 e. The van der Waals surface area contributed by atoms with Crippen LogP contribution in [0.4, 0.5) is 0 Å². The number of H-pyrrole nitrogens is 1. The van der Waals surface area contributed by atoms with Gasteiger partial charge in [0.2, 0.25) is 10.0 Å². The Morgan fingerprint density at radius 2 is 1.92 bits per heavy atom. The van der Waals surface area contributed by atoms with Crippen LogP contribution in [0.3, 0.4) is 0 Å². The first-order valence-electron chi connectivity index (χ1n) is 8.20. The standard InChI is InChI=1S/C17H20ClN3O4S/c1-12(13-2-4-14(18)5-3-13)20-17(22)16-10-15(11-19-16)26(23,24)21-6-8-25-9-7-21/h2-5,10-12,19H,6-9H2,1H3,(H,20,22). The molecule has 0 saturated carbocycles. The van der Waals surface area contributed by atoms with Gasteiger partial charge < -0.3 is 15.0 Å². The Hall–Kier alpha value is -1.87. The molecule has 26 heavy (non-hydrogen) atoms. The van der Waals surface area contributed by atoms with Crippen LogP contribution in [-0.2, 0) is 14.8 Å². The number of carbonyl (C=O) groups is 1. The molecule has 2 aromatic rings. The molecule has 7 nitrogen and oxygen atoms in total. The molecule has 0 spiro atoms. The fraction of sp³-hybridized carbons (Fsp3) is 0.353. The maximum absolute atomic E-state index is 12.6. The van der Waals surface area contributed by atoms with Gasteiger partial charge in [-0.15, -0.1) is 0 Å². The molecule has 0 bridgehead atoms. The summed E-state index contributed by atoms with van der Waals surface area (Å²) in [5.74, 6) is -0.379. The van der Waals surface area contributed by atoms with Gasteiger partial charge >= 0.3 is 0 Å². The molecule has 1 unspecified atom stereocenters. The minimum absolute atomic E-state index is 0.0729. The molecule has 1 atom stereocenters. The summed E-state index contributed by atoms with van der Waals surface area (Å²) in [6.07, 6.45) is 1.34. The minimum atomic E-state index is -3.63. The molecule has 140 valence electrons. The molecule has 1 saturated heterocycles. The normalized spacial score (nSPS) is 17.0. The molecule has 3 rings (SSSR count). The van der Waals surface area contributed by atoms with Gasteiger partial charge in [-0.25, -0.2) is 8.42 Å². The Balaban J connectivity index is 1.70. The van der Waals surface area contributed by atoms with E-state index in [4.69, 9.17) is 16.3 Å². The predicted octanol–water partition coefficient (Wildman–Crippen LogP) is 2.18. The second kappa shape index (κ2) is 7.79. The van der Waals surface area contributed by atoms with Crippen molar-refractivity contribution in [1.82, 2.24) is 14.6 Å². The van der Waals surface area contributed by atoms with E-state index in [9.17, 15) is 13.2 Å². The van der Waals surface area contributed by atoms with E-state index in [0.29, 0.717) is 31.3 Å². The van der Waals surface area contributed by atoms with E-state index in [0.717, 1.165) is 5.56 Å². The lowest BCUT2D eigenvalue weighted by molar-refractivity contribution is 0.0730. The van der Waals surface area contributed by atoms with Crippen LogP contribution in [0.25, 0.3) is 0 Å². The summed E-state index contributed by atoms with van der Waals surface area (Å²) >= 11 is 5.87. The number of ether oxygens (including phenoxy) is 1. The number of aromatic amines is 1. The van der Waals surface area contributed by atoms with Crippen LogP contribution in [0.2, 0.25) is 5.02 Å². The maximum atomic E-state index is 12.6. The molecule has 1 aliphatic rings. The Morgan fingerprint density at radius 1 is 1.27 bits per heavy atom. The van der Waals surface area contributed by atoms with Crippen molar-refractivity contribution in [1.29, 1.82) is 0 Å². The van der Waals surface area contributed by atoms with Gasteiger partial charge in [0, 0.05) is 24.3 Å². The van der Waals surface area contributed by atoms with E-state index >= 15 is 0 Å². The zero-order valence-electron chi connectivity index (χ0n) is 14.2. The minimum Gasteiger partial charge on any atom is -0.379 e. The second-order valence-corrected chi connectivity index (χ2v) is 8.39. The highest BCUT2D eigenvalue weighted by molar-refractivity contribution is 7.89. The molecular formula is C17H20ClN3O4S. The molecule has 1 amide bonds. The lowest BCUT2D eigenvalue weighted by Gasteiger charge is -2.25. The fourth-order valence-corrected chi connectivity index (χ4v) is 4.23. The van der Waals surface area contributed by atoms with Crippen molar-refractivity contribution < 1.29 is 17.9 Å². The molecule has 1 fully saturated rings. The number of hydrogen-bond donors (Lipinski definition) is 2. The van der Waals surface area contributed by atoms with Gasteiger partial charge in [0.1, 0.15) is 10.6 Å². The van der Waals surface area contributed by atoms with Crippen molar-refractivity contribution in [2.75, 3.05) is 26.3 Å². The number of rotatable bonds is 5. The third-order valence-electron chi connectivity index (χ3n) is 4.23. The largest absolute Gasteiger partial charge is 0.379 e. The number of hydrogen-bond acceptors (Lipinski definition) is 4. The van der Waals surface area contributed by atoms with Crippen LogP contribution in [0.15, 0.2) is 41.4 Å². The number of aromatic nitrogens is 1. The zero-order valence-corrected chi connectivity index (χ0v) is 15.8. The number of amides is 1. The van der Waals surface area contributed by atoms with Gasteiger partial charge in [-0.05, 0) is 30.7 Å². The molecule has 0 aliphatic carbocycles. The molecule has 0 radical (unpaired) electrons. The van der Waals surface area contributed by atoms with Crippen molar-refractivity contribution in [2.45, 2.75) is 17.9 Å². The number of nitrogens with zero attached hydrogens (tertiary/aromatic N) is 1.